The number of nitrogens with one attached hydrogen (secondary N) is 1. The Balaban J connectivity index is 1.74. The lowest BCUT2D eigenvalue weighted by atomic mass is 10.0. The SMILES string of the molecule is Cc1ccc(C)c(OCCNC(=O)/C(=C/c2cccc([N+](=O)[O-])c2)c2ccccc2)c1. The summed E-state index contributed by atoms with van der Waals surface area (Å²) in [6.45, 7) is 4.63. The molecular weight excluding hydrogens is 392 g/mol. The minimum absolute atomic E-state index is 0.0245. The number of nitro groups is 1. The summed E-state index contributed by atoms with van der Waals surface area (Å²) in [5.74, 6) is 0.520. The summed E-state index contributed by atoms with van der Waals surface area (Å²) in [5.41, 5.74) is 3.84. The molecule has 3 aromatic rings. The first kappa shape index (κ1) is 21.8. The minimum Gasteiger partial charge on any atom is -0.491 e. The van der Waals surface area contributed by atoms with E-state index >= 15 is 0 Å². The number of nitrogens with zero attached hydrogens (tertiary/aromatic N) is 1. The van der Waals surface area contributed by atoms with E-state index in [0.717, 1.165) is 22.4 Å². The molecule has 0 bridgehead atoms. The lowest BCUT2D eigenvalue weighted by Gasteiger charge is -2.12. The van der Waals surface area contributed by atoms with Gasteiger partial charge in [0.05, 0.1) is 11.5 Å². The van der Waals surface area contributed by atoms with Gasteiger partial charge >= 0.3 is 0 Å². The molecule has 0 spiro atoms. The lowest BCUT2D eigenvalue weighted by Crippen LogP contribution is -2.28. The third kappa shape index (κ3) is 6.02. The molecule has 0 saturated heterocycles. The molecule has 3 aromatic carbocycles. The van der Waals surface area contributed by atoms with Gasteiger partial charge in [-0.2, -0.15) is 0 Å². The van der Waals surface area contributed by atoms with Crippen LogP contribution in [0.4, 0.5) is 5.69 Å². The quantitative estimate of drug-likeness (QED) is 0.185. The Bertz CT molecular complexity index is 1110. The zero-order chi connectivity index (χ0) is 22.2. The van der Waals surface area contributed by atoms with Crippen molar-refractivity contribution in [3.8, 4) is 5.75 Å². The second-order valence-electron chi connectivity index (χ2n) is 7.15. The van der Waals surface area contributed by atoms with E-state index in [-0.39, 0.29) is 11.6 Å². The third-order valence-electron chi connectivity index (χ3n) is 4.71. The van der Waals surface area contributed by atoms with Gasteiger partial charge in [-0.05, 0) is 48.2 Å². The molecule has 6 nitrogen and oxygen atoms in total. The highest BCUT2D eigenvalue weighted by Crippen LogP contribution is 2.22. The van der Waals surface area contributed by atoms with Crippen LogP contribution in [-0.4, -0.2) is 24.0 Å². The molecule has 0 aliphatic rings. The van der Waals surface area contributed by atoms with Crippen LogP contribution in [0.25, 0.3) is 11.6 Å². The summed E-state index contributed by atoms with van der Waals surface area (Å²) in [4.78, 5) is 23.5. The Morgan fingerprint density at radius 2 is 1.81 bits per heavy atom. The molecular formula is C25H24N2O4. The smallest absolute Gasteiger partial charge is 0.270 e. The number of aryl methyl sites for hydroxylation is 2. The highest BCUT2D eigenvalue weighted by atomic mass is 16.6. The predicted octanol–water partition coefficient (Wildman–Crippen LogP) is 4.95. The molecule has 158 valence electrons. The molecule has 0 radical (unpaired) electrons. The van der Waals surface area contributed by atoms with Crippen LogP contribution in [-0.2, 0) is 4.79 Å². The van der Waals surface area contributed by atoms with E-state index in [4.69, 9.17) is 4.74 Å². The number of nitro benzene ring substituents is 1. The van der Waals surface area contributed by atoms with E-state index in [9.17, 15) is 14.9 Å². The summed E-state index contributed by atoms with van der Waals surface area (Å²) < 4.78 is 5.80. The van der Waals surface area contributed by atoms with E-state index in [1.54, 1.807) is 18.2 Å². The number of amides is 1. The number of rotatable bonds is 8. The first-order valence-electron chi connectivity index (χ1n) is 9.94. The Kier molecular flexibility index (Phi) is 7.17. The Morgan fingerprint density at radius 3 is 2.55 bits per heavy atom. The van der Waals surface area contributed by atoms with E-state index < -0.39 is 4.92 Å². The van der Waals surface area contributed by atoms with Crippen molar-refractivity contribution < 1.29 is 14.5 Å². The van der Waals surface area contributed by atoms with Crippen LogP contribution < -0.4 is 10.1 Å². The maximum Gasteiger partial charge on any atom is 0.270 e. The molecule has 0 aliphatic heterocycles. The van der Waals surface area contributed by atoms with Gasteiger partial charge in [0.2, 0.25) is 0 Å². The molecule has 0 heterocycles. The molecule has 0 aromatic heterocycles. The lowest BCUT2D eigenvalue weighted by molar-refractivity contribution is -0.384. The topological polar surface area (TPSA) is 81.5 Å². The molecule has 0 saturated carbocycles. The molecule has 1 amide bonds. The number of non-ortho nitro benzene ring substituents is 1. The average molecular weight is 416 g/mol. The van der Waals surface area contributed by atoms with Gasteiger partial charge in [0.1, 0.15) is 12.4 Å². The monoisotopic (exact) mass is 416 g/mol. The standard InChI is InChI=1S/C25H24N2O4/c1-18-11-12-19(2)24(15-18)31-14-13-26-25(28)23(21-8-4-3-5-9-21)17-20-7-6-10-22(16-20)27(29)30/h3-12,15-17H,13-14H2,1-2H3,(H,26,28)/b23-17+. The van der Waals surface area contributed by atoms with Crippen molar-refractivity contribution in [1.82, 2.24) is 5.32 Å². The molecule has 3 rings (SSSR count). The average Bonchev–Trinajstić information content (AvgIpc) is 2.78. The van der Waals surface area contributed by atoms with Crippen LogP contribution >= 0.6 is 0 Å². The molecule has 0 aliphatic carbocycles. The van der Waals surface area contributed by atoms with Crippen LogP contribution in [0.1, 0.15) is 22.3 Å². The van der Waals surface area contributed by atoms with Crippen LogP contribution in [0, 0.1) is 24.0 Å². The fourth-order valence-electron chi connectivity index (χ4n) is 3.08. The van der Waals surface area contributed by atoms with E-state index in [1.807, 2.05) is 62.4 Å². The largest absolute Gasteiger partial charge is 0.491 e. The summed E-state index contributed by atoms with van der Waals surface area (Å²) in [6.07, 6.45) is 1.66. The van der Waals surface area contributed by atoms with Crippen molar-refractivity contribution in [2.45, 2.75) is 13.8 Å². The van der Waals surface area contributed by atoms with Crippen molar-refractivity contribution in [2.75, 3.05) is 13.2 Å². The number of ether oxygens (including phenoxy) is 1. The van der Waals surface area contributed by atoms with Crippen LogP contribution in [0.5, 0.6) is 5.75 Å². The number of hydrogen-bond donors (Lipinski definition) is 1. The summed E-state index contributed by atoms with van der Waals surface area (Å²) in [6, 6.07) is 21.4. The zero-order valence-electron chi connectivity index (χ0n) is 17.5. The molecule has 0 fully saturated rings. The summed E-state index contributed by atoms with van der Waals surface area (Å²) in [7, 11) is 0. The molecule has 0 atom stereocenters. The summed E-state index contributed by atoms with van der Waals surface area (Å²) >= 11 is 0. The highest BCUT2D eigenvalue weighted by molar-refractivity contribution is 6.24. The Labute approximate surface area is 181 Å². The van der Waals surface area contributed by atoms with Crippen LogP contribution in [0.2, 0.25) is 0 Å². The van der Waals surface area contributed by atoms with Gasteiger partial charge in [-0.25, -0.2) is 0 Å². The second kappa shape index (κ2) is 10.2. The molecule has 1 N–H and O–H groups in total. The van der Waals surface area contributed by atoms with Crippen LogP contribution in [0.3, 0.4) is 0 Å². The van der Waals surface area contributed by atoms with Crippen molar-refractivity contribution in [3.63, 3.8) is 0 Å². The predicted molar refractivity (Wildman–Crippen MR) is 122 cm³/mol. The first-order valence-corrected chi connectivity index (χ1v) is 9.94. The van der Waals surface area contributed by atoms with Gasteiger partial charge in [0.25, 0.3) is 11.6 Å². The normalized spacial score (nSPS) is 11.1. The van der Waals surface area contributed by atoms with E-state index in [2.05, 4.69) is 5.32 Å². The summed E-state index contributed by atoms with van der Waals surface area (Å²) in [5, 5.41) is 13.9. The van der Waals surface area contributed by atoms with Gasteiger partial charge < -0.3 is 10.1 Å². The Hall–Kier alpha value is -3.93. The zero-order valence-corrected chi connectivity index (χ0v) is 17.5. The van der Waals surface area contributed by atoms with Crippen molar-refractivity contribution in [1.29, 1.82) is 0 Å². The number of hydrogen-bond acceptors (Lipinski definition) is 4. The van der Waals surface area contributed by atoms with Gasteiger partial charge in [0.15, 0.2) is 0 Å². The first-order chi connectivity index (χ1) is 14.9. The Morgan fingerprint density at radius 1 is 1.03 bits per heavy atom. The third-order valence-corrected chi connectivity index (χ3v) is 4.71. The van der Waals surface area contributed by atoms with Gasteiger partial charge in [-0.3, -0.25) is 14.9 Å². The van der Waals surface area contributed by atoms with Crippen molar-refractivity contribution >= 4 is 23.2 Å². The minimum atomic E-state index is -0.454. The van der Waals surface area contributed by atoms with E-state index in [1.165, 1.54) is 12.1 Å². The van der Waals surface area contributed by atoms with Gasteiger partial charge in [-0.15, -0.1) is 0 Å². The number of benzene rings is 3. The van der Waals surface area contributed by atoms with Crippen molar-refractivity contribution in [3.05, 3.63) is 105 Å². The van der Waals surface area contributed by atoms with Crippen LogP contribution in [0.15, 0.2) is 72.8 Å². The molecule has 6 heteroatoms. The fourth-order valence-corrected chi connectivity index (χ4v) is 3.08. The second-order valence-corrected chi connectivity index (χ2v) is 7.15. The number of carbonyl (C=O) groups is 1. The maximum absolute atomic E-state index is 12.9. The van der Waals surface area contributed by atoms with Gasteiger partial charge in [-0.1, -0.05) is 54.6 Å². The molecule has 31 heavy (non-hydrogen) atoms. The van der Waals surface area contributed by atoms with E-state index in [0.29, 0.717) is 24.3 Å². The fraction of sp³-hybridized carbons (Fsp3) is 0.160. The maximum atomic E-state index is 12.9. The van der Waals surface area contributed by atoms with Gasteiger partial charge in [0, 0.05) is 17.7 Å². The molecule has 0 unspecified atom stereocenters. The van der Waals surface area contributed by atoms with Crippen molar-refractivity contribution in [2.24, 2.45) is 0 Å². The number of carbonyl (C=O) groups excluding carboxylic acids is 1. The highest BCUT2D eigenvalue weighted by Gasteiger charge is 2.13.